The molecule has 3 N–H and O–H groups in total. The van der Waals surface area contributed by atoms with Crippen LogP contribution in [0.2, 0.25) is 0 Å². The first-order chi connectivity index (χ1) is 9.22. The van der Waals surface area contributed by atoms with Crippen LogP contribution < -0.4 is 15.8 Å². The minimum absolute atomic E-state index is 0.459. The van der Waals surface area contributed by atoms with Gasteiger partial charge in [0.15, 0.2) is 0 Å². The van der Waals surface area contributed by atoms with E-state index in [0.717, 1.165) is 37.6 Å². The van der Waals surface area contributed by atoms with Gasteiger partial charge in [0.25, 0.3) is 0 Å². The third-order valence-corrected chi connectivity index (χ3v) is 4.02. The van der Waals surface area contributed by atoms with Crippen LogP contribution in [0, 0.1) is 5.92 Å². The summed E-state index contributed by atoms with van der Waals surface area (Å²) < 4.78 is 5.35. The van der Waals surface area contributed by atoms with E-state index in [2.05, 4.69) is 30.4 Å². The second-order valence-corrected chi connectivity index (χ2v) is 5.55. The quantitative estimate of drug-likeness (QED) is 0.740. The normalized spacial score (nSPS) is 22.1. The van der Waals surface area contributed by atoms with Crippen LogP contribution >= 0.6 is 0 Å². The molecule has 1 aromatic carbocycles. The van der Waals surface area contributed by atoms with E-state index in [-0.39, 0.29) is 0 Å². The van der Waals surface area contributed by atoms with E-state index in [9.17, 15) is 0 Å². The average molecular weight is 262 g/mol. The molecule has 1 saturated carbocycles. The first-order valence-electron chi connectivity index (χ1n) is 7.35. The third-order valence-electron chi connectivity index (χ3n) is 4.02. The lowest BCUT2D eigenvalue weighted by Crippen LogP contribution is -2.41. The van der Waals surface area contributed by atoms with Crippen molar-refractivity contribution in [3.8, 4) is 5.75 Å². The van der Waals surface area contributed by atoms with E-state index < -0.39 is 0 Å². The number of nitrogens with two attached hydrogens (primary N) is 1. The molecule has 0 aromatic heterocycles. The molecule has 0 atom stereocenters. The van der Waals surface area contributed by atoms with E-state index in [4.69, 9.17) is 10.5 Å². The van der Waals surface area contributed by atoms with Crippen molar-refractivity contribution in [2.75, 3.05) is 20.2 Å². The minimum atomic E-state index is 0.459. The Morgan fingerprint density at radius 1 is 1.37 bits per heavy atom. The van der Waals surface area contributed by atoms with Gasteiger partial charge in [-0.25, -0.2) is 0 Å². The molecule has 0 aliphatic heterocycles. The van der Waals surface area contributed by atoms with Gasteiger partial charge in [-0.05, 0) is 61.9 Å². The molecule has 1 fully saturated rings. The van der Waals surface area contributed by atoms with E-state index in [0.29, 0.717) is 6.04 Å². The summed E-state index contributed by atoms with van der Waals surface area (Å²) in [6.07, 6.45) is 4.48. The Morgan fingerprint density at radius 3 is 2.79 bits per heavy atom. The van der Waals surface area contributed by atoms with Crippen molar-refractivity contribution in [3.63, 3.8) is 0 Å². The molecule has 2 rings (SSSR count). The standard InChI is InChI=1S/C16H26N2O/c1-3-14-8-12(4-5-16(14)19-2)6-7-18-11-13-9-15(17)10-13/h4-5,8,13,15,18H,3,6-7,9-11,17H2,1-2H3. The zero-order valence-electron chi connectivity index (χ0n) is 12.1. The molecule has 0 saturated heterocycles. The molecule has 0 unspecified atom stereocenters. The maximum Gasteiger partial charge on any atom is 0.122 e. The van der Waals surface area contributed by atoms with Gasteiger partial charge in [0.2, 0.25) is 0 Å². The summed E-state index contributed by atoms with van der Waals surface area (Å²) in [6, 6.07) is 6.97. The van der Waals surface area contributed by atoms with E-state index >= 15 is 0 Å². The topological polar surface area (TPSA) is 47.3 Å². The highest BCUT2D eigenvalue weighted by Crippen LogP contribution is 2.24. The summed E-state index contributed by atoms with van der Waals surface area (Å²) in [6.45, 7) is 4.32. The van der Waals surface area contributed by atoms with Crippen molar-refractivity contribution in [1.82, 2.24) is 5.32 Å². The van der Waals surface area contributed by atoms with E-state index in [1.165, 1.54) is 24.0 Å². The largest absolute Gasteiger partial charge is 0.496 e. The molecule has 1 aliphatic carbocycles. The number of nitrogens with one attached hydrogen (secondary N) is 1. The molecule has 19 heavy (non-hydrogen) atoms. The summed E-state index contributed by atoms with van der Waals surface area (Å²) in [5.74, 6) is 1.81. The van der Waals surface area contributed by atoms with Crippen LogP contribution in [-0.4, -0.2) is 26.2 Å². The Balaban J connectivity index is 1.73. The second kappa shape index (κ2) is 6.92. The lowest BCUT2D eigenvalue weighted by atomic mass is 9.81. The van der Waals surface area contributed by atoms with Gasteiger partial charge in [0.05, 0.1) is 7.11 Å². The summed E-state index contributed by atoms with van der Waals surface area (Å²) in [7, 11) is 1.74. The molecule has 0 amide bonds. The summed E-state index contributed by atoms with van der Waals surface area (Å²) in [4.78, 5) is 0. The van der Waals surface area contributed by atoms with E-state index in [1.807, 2.05) is 0 Å². The highest BCUT2D eigenvalue weighted by molar-refractivity contribution is 5.37. The number of benzene rings is 1. The van der Waals surface area contributed by atoms with Crippen molar-refractivity contribution in [2.24, 2.45) is 11.7 Å². The van der Waals surface area contributed by atoms with Crippen LogP contribution in [0.25, 0.3) is 0 Å². The lowest BCUT2D eigenvalue weighted by Gasteiger charge is -2.32. The number of methoxy groups -OCH3 is 1. The Labute approximate surface area is 116 Å². The van der Waals surface area contributed by atoms with Gasteiger partial charge in [-0.1, -0.05) is 19.1 Å². The monoisotopic (exact) mass is 262 g/mol. The summed E-state index contributed by atoms with van der Waals surface area (Å²) in [5, 5.41) is 3.54. The molecule has 0 bridgehead atoms. The number of ether oxygens (including phenoxy) is 1. The van der Waals surface area contributed by atoms with Crippen LogP contribution in [0.4, 0.5) is 0 Å². The molecule has 0 radical (unpaired) electrons. The first kappa shape index (κ1) is 14.4. The molecule has 0 spiro atoms. The molecular formula is C16H26N2O. The van der Waals surface area contributed by atoms with Gasteiger partial charge >= 0.3 is 0 Å². The first-order valence-corrected chi connectivity index (χ1v) is 7.35. The second-order valence-electron chi connectivity index (χ2n) is 5.55. The van der Waals surface area contributed by atoms with Gasteiger partial charge < -0.3 is 15.8 Å². The molecule has 1 aromatic rings. The van der Waals surface area contributed by atoms with Gasteiger partial charge in [-0.2, -0.15) is 0 Å². The Kier molecular flexibility index (Phi) is 5.23. The smallest absolute Gasteiger partial charge is 0.122 e. The Hall–Kier alpha value is -1.06. The third kappa shape index (κ3) is 3.95. The van der Waals surface area contributed by atoms with Crippen molar-refractivity contribution in [1.29, 1.82) is 0 Å². The molecule has 3 nitrogen and oxygen atoms in total. The molecular weight excluding hydrogens is 236 g/mol. The zero-order chi connectivity index (χ0) is 13.7. The van der Waals surface area contributed by atoms with Crippen LogP contribution in [0.3, 0.4) is 0 Å². The molecule has 106 valence electrons. The predicted molar refractivity (Wildman–Crippen MR) is 79.6 cm³/mol. The summed E-state index contributed by atoms with van der Waals surface area (Å²) >= 11 is 0. The Bertz CT molecular complexity index is 400. The fraction of sp³-hybridized carbons (Fsp3) is 0.625. The van der Waals surface area contributed by atoms with Crippen LogP contribution in [0.5, 0.6) is 5.75 Å². The summed E-state index contributed by atoms with van der Waals surface area (Å²) in [5.41, 5.74) is 8.46. The maximum absolute atomic E-state index is 5.78. The SMILES string of the molecule is CCc1cc(CCNCC2CC(N)C2)ccc1OC. The molecule has 3 heteroatoms. The van der Waals surface area contributed by atoms with Crippen molar-refractivity contribution >= 4 is 0 Å². The van der Waals surface area contributed by atoms with Crippen LogP contribution in [-0.2, 0) is 12.8 Å². The zero-order valence-corrected chi connectivity index (χ0v) is 12.1. The molecule has 0 heterocycles. The minimum Gasteiger partial charge on any atom is -0.496 e. The van der Waals surface area contributed by atoms with Gasteiger partial charge in [-0.3, -0.25) is 0 Å². The van der Waals surface area contributed by atoms with Gasteiger partial charge in [-0.15, -0.1) is 0 Å². The van der Waals surface area contributed by atoms with Crippen molar-refractivity contribution in [2.45, 2.75) is 38.6 Å². The van der Waals surface area contributed by atoms with Crippen LogP contribution in [0.1, 0.15) is 30.9 Å². The number of aryl methyl sites for hydroxylation is 1. The number of hydrogen-bond donors (Lipinski definition) is 2. The van der Waals surface area contributed by atoms with E-state index in [1.54, 1.807) is 7.11 Å². The average Bonchev–Trinajstić information content (AvgIpc) is 2.40. The fourth-order valence-corrected chi connectivity index (χ4v) is 2.76. The highest BCUT2D eigenvalue weighted by Gasteiger charge is 2.24. The van der Waals surface area contributed by atoms with Crippen LogP contribution in [0.15, 0.2) is 18.2 Å². The maximum atomic E-state index is 5.78. The highest BCUT2D eigenvalue weighted by atomic mass is 16.5. The number of rotatable bonds is 7. The fourth-order valence-electron chi connectivity index (χ4n) is 2.76. The van der Waals surface area contributed by atoms with Crippen molar-refractivity contribution < 1.29 is 4.74 Å². The molecule has 1 aliphatic rings. The Morgan fingerprint density at radius 2 is 2.16 bits per heavy atom. The van der Waals surface area contributed by atoms with Gasteiger partial charge in [0, 0.05) is 6.04 Å². The van der Waals surface area contributed by atoms with Gasteiger partial charge in [0.1, 0.15) is 5.75 Å². The predicted octanol–water partition coefficient (Wildman–Crippen LogP) is 2.13. The number of hydrogen-bond acceptors (Lipinski definition) is 3. The lowest BCUT2D eigenvalue weighted by molar-refractivity contribution is 0.257. The van der Waals surface area contributed by atoms with Crippen molar-refractivity contribution in [3.05, 3.63) is 29.3 Å².